The molecule has 4 nitrogen and oxygen atoms in total. The lowest BCUT2D eigenvalue weighted by Gasteiger charge is -2.13. The Kier molecular flexibility index (Phi) is 7.55. The molecule has 0 spiro atoms. The van der Waals surface area contributed by atoms with Crippen LogP contribution in [0, 0.1) is 12.8 Å². The lowest BCUT2D eigenvalue weighted by Crippen LogP contribution is -2.39. The normalized spacial score (nSPS) is 11.6. The second kappa shape index (κ2) is 9.23. The van der Waals surface area contributed by atoms with E-state index in [-0.39, 0.29) is 0 Å². The van der Waals surface area contributed by atoms with Gasteiger partial charge in [0.05, 0.1) is 6.54 Å². The van der Waals surface area contributed by atoms with Crippen LogP contribution in [-0.2, 0) is 0 Å². The van der Waals surface area contributed by atoms with Crippen molar-refractivity contribution in [3.8, 4) is 5.75 Å². The average molecular weight is 277 g/mol. The monoisotopic (exact) mass is 277 g/mol. The Morgan fingerprint density at radius 3 is 2.55 bits per heavy atom. The highest BCUT2D eigenvalue weighted by Gasteiger charge is 2.00. The zero-order valence-corrected chi connectivity index (χ0v) is 13.1. The number of nitrogens with one attached hydrogen (secondary N) is 2. The fourth-order valence-corrected chi connectivity index (χ4v) is 1.75. The minimum Gasteiger partial charge on any atom is -0.491 e. The van der Waals surface area contributed by atoms with Crippen LogP contribution in [-0.4, -0.2) is 32.7 Å². The van der Waals surface area contributed by atoms with Crippen molar-refractivity contribution >= 4 is 5.96 Å². The van der Waals surface area contributed by atoms with E-state index in [9.17, 15) is 0 Å². The Morgan fingerprint density at radius 2 is 1.90 bits per heavy atom. The Labute approximate surface area is 122 Å². The fraction of sp³-hybridized carbons (Fsp3) is 0.562. The second-order valence-electron chi connectivity index (χ2n) is 5.22. The number of guanidine groups is 1. The molecule has 0 aliphatic rings. The van der Waals surface area contributed by atoms with Gasteiger partial charge in [0.1, 0.15) is 12.4 Å². The van der Waals surface area contributed by atoms with Crippen molar-refractivity contribution < 1.29 is 4.74 Å². The molecule has 0 bridgehead atoms. The maximum Gasteiger partial charge on any atom is 0.191 e. The van der Waals surface area contributed by atoms with Crippen molar-refractivity contribution in [1.82, 2.24) is 10.6 Å². The first-order chi connectivity index (χ1) is 9.63. The van der Waals surface area contributed by atoms with Gasteiger partial charge in [-0.05, 0) is 30.9 Å². The summed E-state index contributed by atoms with van der Waals surface area (Å²) in [5.74, 6) is 2.47. The standard InChI is InChI=1S/C16H27N3O/c1-13(2)9-10-18-16(17-4)19-11-12-20-15-8-6-5-7-14(15)3/h5-8,13H,9-12H2,1-4H3,(H2,17,18,19). The van der Waals surface area contributed by atoms with Gasteiger partial charge in [0.25, 0.3) is 0 Å². The van der Waals surface area contributed by atoms with Gasteiger partial charge >= 0.3 is 0 Å². The quantitative estimate of drug-likeness (QED) is 0.457. The van der Waals surface area contributed by atoms with E-state index < -0.39 is 0 Å². The Morgan fingerprint density at radius 1 is 1.20 bits per heavy atom. The van der Waals surface area contributed by atoms with Crippen molar-refractivity contribution in [3.63, 3.8) is 0 Å². The Hall–Kier alpha value is -1.71. The van der Waals surface area contributed by atoms with E-state index >= 15 is 0 Å². The number of hydrogen-bond acceptors (Lipinski definition) is 2. The summed E-state index contributed by atoms with van der Waals surface area (Å²) in [4.78, 5) is 4.19. The number of nitrogens with zero attached hydrogens (tertiary/aromatic N) is 1. The van der Waals surface area contributed by atoms with E-state index in [0.29, 0.717) is 12.5 Å². The second-order valence-corrected chi connectivity index (χ2v) is 5.22. The zero-order chi connectivity index (χ0) is 14.8. The largest absolute Gasteiger partial charge is 0.491 e. The topological polar surface area (TPSA) is 45.7 Å². The SMILES string of the molecule is CN=C(NCCOc1ccccc1C)NCCC(C)C. The van der Waals surface area contributed by atoms with E-state index in [1.54, 1.807) is 7.05 Å². The third-order valence-electron chi connectivity index (χ3n) is 2.98. The summed E-state index contributed by atoms with van der Waals surface area (Å²) in [6.45, 7) is 8.78. The van der Waals surface area contributed by atoms with Gasteiger partial charge in [0.2, 0.25) is 0 Å². The third-order valence-corrected chi connectivity index (χ3v) is 2.98. The summed E-state index contributed by atoms with van der Waals surface area (Å²) < 4.78 is 5.73. The van der Waals surface area contributed by atoms with Crippen molar-refractivity contribution in [2.75, 3.05) is 26.7 Å². The van der Waals surface area contributed by atoms with Crippen LogP contribution in [0.25, 0.3) is 0 Å². The molecule has 0 saturated heterocycles. The zero-order valence-electron chi connectivity index (χ0n) is 13.1. The first kappa shape index (κ1) is 16.3. The lowest BCUT2D eigenvalue weighted by molar-refractivity contribution is 0.320. The van der Waals surface area contributed by atoms with Crippen LogP contribution < -0.4 is 15.4 Å². The van der Waals surface area contributed by atoms with Crippen LogP contribution in [0.3, 0.4) is 0 Å². The average Bonchev–Trinajstić information content (AvgIpc) is 2.43. The van der Waals surface area contributed by atoms with Crippen molar-refractivity contribution in [2.45, 2.75) is 27.2 Å². The molecule has 1 aromatic rings. The summed E-state index contributed by atoms with van der Waals surface area (Å²) in [5.41, 5.74) is 1.16. The van der Waals surface area contributed by atoms with Gasteiger partial charge < -0.3 is 15.4 Å². The number of benzene rings is 1. The third kappa shape index (κ3) is 6.45. The summed E-state index contributed by atoms with van der Waals surface area (Å²) in [5, 5.41) is 6.54. The predicted molar refractivity (Wildman–Crippen MR) is 85.5 cm³/mol. The maximum absolute atomic E-state index is 5.73. The van der Waals surface area contributed by atoms with E-state index in [2.05, 4.69) is 42.5 Å². The molecule has 20 heavy (non-hydrogen) atoms. The van der Waals surface area contributed by atoms with Crippen molar-refractivity contribution in [3.05, 3.63) is 29.8 Å². The van der Waals surface area contributed by atoms with Gasteiger partial charge in [0, 0.05) is 13.6 Å². The van der Waals surface area contributed by atoms with Crippen molar-refractivity contribution in [2.24, 2.45) is 10.9 Å². The molecule has 112 valence electrons. The number of hydrogen-bond donors (Lipinski definition) is 2. The van der Waals surface area contributed by atoms with Crippen LogP contribution in [0.1, 0.15) is 25.8 Å². The van der Waals surface area contributed by atoms with E-state index in [4.69, 9.17) is 4.74 Å². The minimum atomic E-state index is 0.621. The number of para-hydroxylation sites is 1. The molecule has 0 aliphatic heterocycles. The van der Waals surface area contributed by atoms with Gasteiger partial charge in [-0.25, -0.2) is 0 Å². The smallest absolute Gasteiger partial charge is 0.191 e. The molecule has 0 amide bonds. The number of ether oxygens (including phenoxy) is 1. The van der Waals surface area contributed by atoms with Gasteiger partial charge in [-0.1, -0.05) is 32.0 Å². The number of aryl methyl sites for hydroxylation is 1. The molecule has 0 fully saturated rings. The summed E-state index contributed by atoms with van der Waals surface area (Å²) in [6, 6.07) is 8.04. The fourth-order valence-electron chi connectivity index (χ4n) is 1.75. The summed E-state index contributed by atoms with van der Waals surface area (Å²) in [7, 11) is 1.78. The molecule has 0 aliphatic carbocycles. The molecule has 1 aromatic carbocycles. The van der Waals surface area contributed by atoms with Gasteiger partial charge in [-0.15, -0.1) is 0 Å². The molecular weight excluding hydrogens is 250 g/mol. The van der Waals surface area contributed by atoms with Gasteiger partial charge in [-0.3, -0.25) is 4.99 Å². The van der Waals surface area contributed by atoms with Crippen LogP contribution in [0.15, 0.2) is 29.3 Å². The van der Waals surface area contributed by atoms with Crippen molar-refractivity contribution in [1.29, 1.82) is 0 Å². The molecule has 0 saturated carbocycles. The molecule has 1 rings (SSSR count). The first-order valence-corrected chi connectivity index (χ1v) is 7.26. The molecule has 0 aromatic heterocycles. The van der Waals surface area contributed by atoms with E-state index in [1.807, 2.05) is 18.2 Å². The van der Waals surface area contributed by atoms with Crippen LogP contribution in [0.5, 0.6) is 5.75 Å². The molecule has 4 heteroatoms. The number of aliphatic imine (C=N–C) groups is 1. The molecular formula is C16H27N3O. The maximum atomic E-state index is 5.73. The van der Waals surface area contributed by atoms with Gasteiger partial charge in [-0.2, -0.15) is 0 Å². The molecule has 0 atom stereocenters. The van der Waals surface area contributed by atoms with E-state index in [1.165, 1.54) is 0 Å². The minimum absolute atomic E-state index is 0.621. The molecule has 0 radical (unpaired) electrons. The summed E-state index contributed by atoms with van der Waals surface area (Å²) >= 11 is 0. The molecule has 0 unspecified atom stereocenters. The highest BCUT2D eigenvalue weighted by atomic mass is 16.5. The highest BCUT2D eigenvalue weighted by Crippen LogP contribution is 2.15. The molecule has 0 heterocycles. The van der Waals surface area contributed by atoms with Crippen LogP contribution in [0.2, 0.25) is 0 Å². The van der Waals surface area contributed by atoms with Crippen LogP contribution in [0.4, 0.5) is 0 Å². The molecule has 2 N–H and O–H groups in total. The number of rotatable bonds is 7. The van der Waals surface area contributed by atoms with Gasteiger partial charge in [0.15, 0.2) is 5.96 Å². The van der Waals surface area contributed by atoms with Crippen LogP contribution >= 0.6 is 0 Å². The van der Waals surface area contributed by atoms with E-state index in [0.717, 1.165) is 36.8 Å². The Bertz CT molecular complexity index is 416. The Balaban J connectivity index is 2.20. The summed E-state index contributed by atoms with van der Waals surface area (Å²) in [6.07, 6.45) is 1.14. The predicted octanol–water partition coefficient (Wildman–Crippen LogP) is 2.58. The highest BCUT2D eigenvalue weighted by molar-refractivity contribution is 5.79. The first-order valence-electron chi connectivity index (χ1n) is 7.26. The lowest BCUT2D eigenvalue weighted by atomic mass is 10.1.